The van der Waals surface area contributed by atoms with Crippen molar-refractivity contribution in [3.63, 3.8) is 0 Å². The third kappa shape index (κ3) is 2.61. The van der Waals surface area contributed by atoms with Crippen molar-refractivity contribution in [1.29, 1.82) is 5.26 Å². The summed E-state index contributed by atoms with van der Waals surface area (Å²) < 4.78 is 0. The molecule has 1 aliphatic rings. The number of hydrogen-bond acceptors (Lipinski definition) is 3. The number of nitriles is 1. The van der Waals surface area contributed by atoms with E-state index in [1.807, 2.05) is 32.3 Å². The molecule has 0 aromatic carbocycles. The Kier molecular flexibility index (Phi) is 3.73. The first-order valence-corrected chi connectivity index (χ1v) is 4.77. The van der Waals surface area contributed by atoms with Crippen molar-refractivity contribution in [2.24, 2.45) is 5.92 Å². The molecule has 0 bridgehead atoms. The lowest BCUT2D eigenvalue weighted by Crippen LogP contribution is -2.14. The predicted octanol–water partition coefficient (Wildman–Crippen LogP) is 1.28. The van der Waals surface area contributed by atoms with Gasteiger partial charge in [-0.25, -0.2) is 0 Å². The van der Waals surface area contributed by atoms with Crippen LogP contribution >= 0.6 is 0 Å². The smallest absolute Gasteiger partial charge is 0.117 e. The fourth-order valence-corrected chi connectivity index (χ4v) is 1.51. The molecule has 0 amide bonds. The lowest BCUT2D eigenvalue weighted by Gasteiger charge is -2.13. The van der Waals surface area contributed by atoms with Crippen molar-refractivity contribution in [3.8, 4) is 6.07 Å². The van der Waals surface area contributed by atoms with Crippen LogP contribution in [0.15, 0.2) is 23.9 Å². The zero-order valence-electron chi connectivity index (χ0n) is 8.64. The summed E-state index contributed by atoms with van der Waals surface area (Å²) in [5.41, 5.74) is 0.650. The Morgan fingerprint density at radius 1 is 1.71 bits per heavy atom. The Labute approximate surface area is 85.0 Å². The molecule has 1 aliphatic carbocycles. The summed E-state index contributed by atoms with van der Waals surface area (Å²) >= 11 is 0. The van der Waals surface area contributed by atoms with E-state index >= 15 is 0 Å². The molecule has 14 heavy (non-hydrogen) atoms. The van der Waals surface area contributed by atoms with Gasteiger partial charge in [0.2, 0.25) is 0 Å². The van der Waals surface area contributed by atoms with Crippen LogP contribution in [0.25, 0.3) is 0 Å². The molecule has 1 rings (SSSR count). The molecule has 0 spiro atoms. The molecule has 0 heterocycles. The second-order valence-electron chi connectivity index (χ2n) is 3.73. The fourth-order valence-electron chi connectivity index (χ4n) is 1.51. The molecule has 0 radical (unpaired) electrons. The monoisotopic (exact) mass is 192 g/mol. The van der Waals surface area contributed by atoms with Crippen LogP contribution < -0.4 is 0 Å². The van der Waals surface area contributed by atoms with Crippen LogP contribution in [0.1, 0.15) is 12.8 Å². The third-order valence-electron chi connectivity index (χ3n) is 2.43. The average Bonchev–Trinajstić information content (AvgIpc) is 2.52. The molecule has 0 aliphatic heterocycles. The number of aliphatic hydroxyl groups is 1. The summed E-state index contributed by atoms with van der Waals surface area (Å²) in [6, 6.07) is 2.12. The minimum absolute atomic E-state index is 0.179. The van der Waals surface area contributed by atoms with Gasteiger partial charge in [-0.3, -0.25) is 0 Å². The van der Waals surface area contributed by atoms with Crippen molar-refractivity contribution in [1.82, 2.24) is 4.90 Å². The topological polar surface area (TPSA) is 47.3 Å². The molecule has 76 valence electrons. The van der Waals surface area contributed by atoms with Gasteiger partial charge in [0.1, 0.15) is 11.8 Å². The van der Waals surface area contributed by atoms with E-state index in [0.717, 1.165) is 12.8 Å². The molecule has 0 aromatic heterocycles. The summed E-state index contributed by atoms with van der Waals surface area (Å²) in [7, 11) is 3.69. The maximum absolute atomic E-state index is 9.52. The highest BCUT2D eigenvalue weighted by atomic mass is 16.3. The van der Waals surface area contributed by atoms with Gasteiger partial charge in [0, 0.05) is 20.0 Å². The number of nitrogens with zero attached hydrogens (tertiary/aromatic N) is 2. The number of aliphatic hydroxyl groups excluding tert-OH is 1. The molecule has 2 atom stereocenters. The van der Waals surface area contributed by atoms with Gasteiger partial charge < -0.3 is 10.0 Å². The highest BCUT2D eigenvalue weighted by Crippen LogP contribution is 2.22. The normalized spacial score (nSPS) is 26.3. The van der Waals surface area contributed by atoms with Crippen LogP contribution in [0, 0.1) is 17.2 Å². The number of rotatable bonds is 3. The Morgan fingerprint density at radius 3 is 2.86 bits per heavy atom. The van der Waals surface area contributed by atoms with Crippen LogP contribution in [-0.4, -0.2) is 30.2 Å². The first-order valence-electron chi connectivity index (χ1n) is 4.77. The average molecular weight is 192 g/mol. The molecular formula is C11H16N2O. The predicted molar refractivity (Wildman–Crippen MR) is 55.3 cm³/mol. The van der Waals surface area contributed by atoms with E-state index in [2.05, 4.69) is 6.07 Å². The molecule has 1 N–H and O–H groups in total. The van der Waals surface area contributed by atoms with Crippen molar-refractivity contribution in [3.05, 3.63) is 23.9 Å². The van der Waals surface area contributed by atoms with Crippen LogP contribution in [0.4, 0.5) is 0 Å². The first kappa shape index (κ1) is 10.8. The van der Waals surface area contributed by atoms with E-state index in [1.54, 1.807) is 4.90 Å². The van der Waals surface area contributed by atoms with Gasteiger partial charge in [0.05, 0.1) is 6.10 Å². The largest absolute Gasteiger partial charge is 0.392 e. The van der Waals surface area contributed by atoms with E-state index in [1.165, 1.54) is 0 Å². The van der Waals surface area contributed by atoms with Gasteiger partial charge in [-0.05, 0) is 18.9 Å². The Balaban J connectivity index is 2.53. The second kappa shape index (κ2) is 4.83. The molecular weight excluding hydrogens is 176 g/mol. The minimum atomic E-state index is -0.270. The van der Waals surface area contributed by atoms with Crippen molar-refractivity contribution in [2.45, 2.75) is 18.9 Å². The quantitative estimate of drug-likeness (QED) is 0.541. The molecule has 0 fully saturated rings. The molecule has 3 nitrogen and oxygen atoms in total. The fraction of sp³-hybridized carbons (Fsp3) is 0.545. The zero-order valence-corrected chi connectivity index (χ0v) is 8.64. The van der Waals surface area contributed by atoms with E-state index in [0.29, 0.717) is 5.70 Å². The Morgan fingerprint density at radius 2 is 2.43 bits per heavy atom. The van der Waals surface area contributed by atoms with Gasteiger partial charge >= 0.3 is 0 Å². The number of hydrogen-bond donors (Lipinski definition) is 1. The first-order chi connectivity index (χ1) is 6.65. The van der Waals surface area contributed by atoms with Crippen molar-refractivity contribution in [2.75, 3.05) is 14.1 Å². The highest BCUT2D eigenvalue weighted by Gasteiger charge is 2.18. The Hall–Kier alpha value is -1.27. The molecule has 0 saturated heterocycles. The molecule has 0 saturated carbocycles. The molecule has 3 heteroatoms. The van der Waals surface area contributed by atoms with E-state index in [-0.39, 0.29) is 12.0 Å². The zero-order chi connectivity index (χ0) is 10.6. The van der Waals surface area contributed by atoms with Gasteiger partial charge in [0.25, 0.3) is 0 Å². The summed E-state index contributed by atoms with van der Waals surface area (Å²) in [6.07, 6.45) is 7.09. The van der Waals surface area contributed by atoms with Crippen LogP contribution in [0.5, 0.6) is 0 Å². The SMILES string of the molecule is CN(C)/C(C#N)=C/CC1C=CCC1O. The summed E-state index contributed by atoms with van der Waals surface area (Å²) in [5.74, 6) is 0.179. The summed E-state index contributed by atoms with van der Waals surface area (Å²) in [5, 5.41) is 18.3. The maximum Gasteiger partial charge on any atom is 0.117 e. The highest BCUT2D eigenvalue weighted by molar-refractivity contribution is 5.19. The van der Waals surface area contributed by atoms with Gasteiger partial charge in [0.15, 0.2) is 0 Å². The van der Waals surface area contributed by atoms with Crippen molar-refractivity contribution >= 4 is 0 Å². The van der Waals surface area contributed by atoms with E-state index in [9.17, 15) is 5.11 Å². The van der Waals surface area contributed by atoms with Gasteiger partial charge in [-0.2, -0.15) is 5.26 Å². The maximum atomic E-state index is 9.52. The van der Waals surface area contributed by atoms with Crippen molar-refractivity contribution < 1.29 is 5.11 Å². The van der Waals surface area contributed by atoms with E-state index < -0.39 is 0 Å². The second-order valence-corrected chi connectivity index (χ2v) is 3.73. The number of allylic oxidation sites excluding steroid dienone is 2. The third-order valence-corrected chi connectivity index (χ3v) is 2.43. The minimum Gasteiger partial charge on any atom is -0.392 e. The van der Waals surface area contributed by atoms with Gasteiger partial charge in [-0.1, -0.05) is 12.2 Å². The van der Waals surface area contributed by atoms with Gasteiger partial charge in [-0.15, -0.1) is 0 Å². The molecule has 2 unspecified atom stereocenters. The lowest BCUT2D eigenvalue weighted by molar-refractivity contribution is 0.144. The molecule has 0 aromatic rings. The van der Waals surface area contributed by atoms with Crippen LogP contribution in [0.2, 0.25) is 0 Å². The van der Waals surface area contributed by atoms with Crippen LogP contribution in [0.3, 0.4) is 0 Å². The Bertz CT molecular complexity index is 286. The summed E-state index contributed by atoms with van der Waals surface area (Å²) in [4.78, 5) is 1.78. The lowest BCUT2D eigenvalue weighted by atomic mass is 10.0. The van der Waals surface area contributed by atoms with Crippen LogP contribution in [-0.2, 0) is 0 Å². The van der Waals surface area contributed by atoms with E-state index in [4.69, 9.17) is 5.26 Å². The standard InChI is InChI=1S/C11H16N2O/c1-13(2)10(8-12)7-6-9-4-3-5-11(9)14/h3-4,7,9,11,14H,5-6H2,1-2H3/b10-7+. The summed E-state index contributed by atoms with van der Waals surface area (Å²) in [6.45, 7) is 0.